The SMILES string of the molecule is O=C(CCNC(=O)c1ccsc1)NCCC(c1ccccc1)c1ccccc1. The molecule has 5 heteroatoms. The van der Waals surface area contributed by atoms with Crippen LogP contribution >= 0.6 is 11.3 Å². The van der Waals surface area contributed by atoms with Crippen molar-refractivity contribution in [3.8, 4) is 0 Å². The summed E-state index contributed by atoms with van der Waals surface area (Å²) in [5.74, 6) is 0.0498. The molecule has 28 heavy (non-hydrogen) atoms. The van der Waals surface area contributed by atoms with Gasteiger partial charge in [-0.25, -0.2) is 0 Å². The molecule has 0 aliphatic rings. The van der Waals surface area contributed by atoms with Crippen molar-refractivity contribution in [2.75, 3.05) is 13.1 Å². The fraction of sp³-hybridized carbons (Fsp3) is 0.217. The fourth-order valence-electron chi connectivity index (χ4n) is 3.13. The summed E-state index contributed by atoms with van der Waals surface area (Å²) in [5.41, 5.74) is 3.12. The normalized spacial score (nSPS) is 10.6. The van der Waals surface area contributed by atoms with Crippen LogP contribution in [0.3, 0.4) is 0 Å². The molecule has 3 aromatic rings. The van der Waals surface area contributed by atoms with Gasteiger partial charge in [-0.15, -0.1) is 0 Å². The van der Waals surface area contributed by atoms with Crippen molar-refractivity contribution in [2.45, 2.75) is 18.8 Å². The van der Waals surface area contributed by atoms with Crippen LogP contribution in [0.2, 0.25) is 0 Å². The minimum Gasteiger partial charge on any atom is -0.356 e. The topological polar surface area (TPSA) is 58.2 Å². The van der Waals surface area contributed by atoms with Crippen molar-refractivity contribution in [1.82, 2.24) is 10.6 Å². The Kier molecular flexibility index (Phi) is 7.38. The van der Waals surface area contributed by atoms with E-state index in [9.17, 15) is 9.59 Å². The first-order valence-electron chi connectivity index (χ1n) is 9.41. The van der Waals surface area contributed by atoms with Crippen LogP contribution in [0.15, 0.2) is 77.5 Å². The lowest BCUT2D eigenvalue weighted by Gasteiger charge is -2.18. The van der Waals surface area contributed by atoms with E-state index in [0.717, 1.165) is 6.42 Å². The summed E-state index contributed by atoms with van der Waals surface area (Å²) in [6, 6.07) is 22.5. The molecular weight excluding hydrogens is 368 g/mol. The zero-order chi connectivity index (χ0) is 19.6. The Labute approximate surface area is 169 Å². The van der Waals surface area contributed by atoms with Crippen molar-refractivity contribution < 1.29 is 9.59 Å². The Balaban J connectivity index is 1.46. The Hall–Kier alpha value is -2.92. The van der Waals surface area contributed by atoms with E-state index in [-0.39, 0.29) is 24.2 Å². The second-order valence-corrected chi connectivity index (χ2v) is 7.31. The molecule has 0 bridgehead atoms. The molecule has 2 amide bonds. The van der Waals surface area contributed by atoms with E-state index in [1.54, 1.807) is 11.4 Å². The maximum Gasteiger partial charge on any atom is 0.252 e. The van der Waals surface area contributed by atoms with Gasteiger partial charge in [0.2, 0.25) is 5.91 Å². The molecule has 0 spiro atoms. The lowest BCUT2D eigenvalue weighted by molar-refractivity contribution is -0.120. The molecular formula is C23H24N2O2S. The fourth-order valence-corrected chi connectivity index (χ4v) is 3.76. The van der Waals surface area contributed by atoms with Crippen molar-refractivity contribution in [1.29, 1.82) is 0 Å². The van der Waals surface area contributed by atoms with Crippen molar-refractivity contribution >= 4 is 23.2 Å². The molecule has 0 unspecified atom stereocenters. The molecule has 0 saturated carbocycles. The quantitative estimate of drug-likeness (QED) is 0.573. The maximum atomic E-state index is 12.1. The Morgan fingerprint density at radius 2 is 1.46 bits per heavy atom. The molecule has 0 fully saturated rings. The van der Waals surface area contributed by atoms with Gasteiger partial charge in [-0.05, 0) is 29.0 Å². The van der Waals surface area contributed by atoms with Crippen LogP contribution in [-0.2, 0) is 4.79 Å². The number of benzene rings is 2. The molecule has 4 nitrogen and oxygen atoms in total. The average molecular weight is 393 g/mol. The van der Waals surface area contributed by atoms with Gasteiger partial charge in [0.05, 0.1) is 0 Å². The van der Waals surface area contributed by atoms with E-state index in [1.807, 2.05) is 41.8 Å². The van der Waals surface area contributed by atoms with E-state index in [1.165, 1.54) is 22.5 Å². The molecule has 0 atom stereocenters. The zero-order valence-electron chi connectivity index (χ0n) is 15.6. The van der Waals surface area contributed by atoms with Crippen LogP contribution in [0.5, 0.6) is 0 Å². The standard InChI is InChI=1S/C23H24N2O2S/c26-22(12-15-25-23(27)20-13-16-28-17-20)24-14-11-21(18-7-3-1-4-8-18)19-9-5-2-6-10-19/h1-10,13,16-17,21H,11-12,14-15H2,(H,24,26)(H,25,27). The number of hydrogen-bond donors (Lipinski definition) is 2. The molecule has 1 aromatic heterocycles. The summed E-state index contributed by atoms with van der Waals surface area (Å²) in [5, 5.41) is 9.40. The average Bonchev–Trinajstić information content (AvgIpc) is 3.27. The van der Waals surface area contributed by atoms with Crippen molar-refractivity contribution in [3.63, 3.8) is 0 Å². The predicted molar refractivity (Wildman–Crippen MR) is 114 cm³/mol. The molecule has 1 heterocycles. The van der Waals surface area contributed by atoms with Gasteiger partial charge in [-0.3, -0.25) is 9.59 Å². The first-order valence-corrected chi connectivity index (χ1v) is 10.4. The van der Waals surface area contributed by atoms with Crippen molar-refractivity contribution in [3.05, 3.63) is 94.2 Å². The molecule has 144 valence electrons. The lowest BCUT2D eigenvalue weighted by atomic mass is 9.88. The van der Waals surface area contributed by atoms with Crippen LogP contribution in [0.1, 0.15) is 40.2 Å². The van der Waals surface area contributed by atoms with Crippen LogP contribution in [0.25, 0.3) is 0 Å². The van der Waals surface area contributed by atoms with Crippen molar-refractivity contribution in [2.24, 2.45) is 0 Å². The van der Waals surface area contributed by atoms with Gasteiger partial charge in [0, 0.05) is 36.4 Å². The number of thiophene rings is 1. The first-order chi connectivity index (χ1) is 13.7. The van der Waals surface area contributed by atoms with E-state index in [0.29, 0.717) is 18.7 Å². The number of nitrogens with one attached hydrogen (secondary N) is 2. The molecule has 0 aliphatic carbocycles. The van der Waals surface area contributed by atoms with Gasteiger partial charge in [-0.1, -0.05) is 60.7 Å². The van der Waals surface area contributed by atoms with Crippen LogP contribution in [-0.4, -0.2) is 24.9 Å². The molecule has 2 N–H and O–H groups in total. The predicted octanol–water partition coefficient (Wildman–Crippen LogP) is 4.21. The van der Waals surface area contributed by atoms with E-state index in [2.05, 4.69) is 34.9 Å². The van der Waals surface area contributed by atoms with Crippen LogP contribution in [0.4, 0.5) is 0 Å². The van der Waals surface area contributed by atoms with Gasteiger partial charge in [-0.2, -0.15) is 11.3 Å². The summed E-state index contributed by atoms with van der Waals surface area (Å²) < 4.78 is 0. The van der Waals surface area contributed by atoms with Gasteiger partial charge < -0.3 is 10.6 Å². The highest BCUT2D eigenvalue weighted by Crippen LogP contribution is 2.27. The first kappa shape index (κ1) is 19.8. The number of amides is 2. The zero-order valence-corrected chi connectivity index (χ0v) is 16.5. The Morgan fingerprint density at radius 3 is 2.04 bits per heavy atom. The number of rotatable bonds is 9. The van der Waals surface area contributed by atoms with Crippen LogP contribution in [0, 0.1) is 0 Å². The number of hydrogen-bond acceptors (Lipinski definition) is 3. The van der Waals surface area contributed by atoms with Gasteiger partial charge in [0.15, 0.2) is 0 Å². The molecule has 0 radical (unpaired) electrons. The second kappa shape index (κ2) is 10.4. The minimum atomic E-state index is -0.137. The maximum absolute atomic E-state index is 12.1. The third-order valence-electron chi connectivity index (χ3n) is 4.58. The second-order valence-electron chi connectivity index (χ2n) is 6.53. The summed E-state index contributed by atoms with van der Waals surface area (Å²) in [6.45, 7) is 0.924. The Morgan fingerprint density at radius 1 is 0.821 bits per heavy atom. The monoisotopic (exact) mass is 392 g/mol. The summed E-state index contributed by atoms with van der Waals surface area (Å²) >= 11 is 1.48. The van der Waals surface area contributed by atoms with E-state index >= 15 is 0 Å². The van der Waals surface area contributed by atoms with E-state index in [4.69, 9.17) is 0 Å². The highest BCUT2D eigenvalue weighted by Gasteiger charge is 2.14. The summed E-state index contributed by atoms with van der Waals surface area (Å²) in [4.78, 5) is 24.0. The highest BCUT2D eigenvalue weighted by atomic mass is 32.1. The van der Waals surface area contributed by atoms with Gasteiger partial charge >= 0.3 is 0 Å². The molecule has 0 saturated heterocycles. The van der Waals surface area contributed by atoms with E-state index < -0.39 is 0 Å². The van der Waals surface area contributed by atoms with Crippen LogP contribution < -0.4 is 10.6 Å². The third kappa shape index (κ3) is 5.79. The minimum absolute atomic E-state index is 0.0505. The summed E-state index contributed by atoms with van der Waals surface area (Å²) in [7, 11) is 0. The molecule has 0 aliphatic heterocycles. The highest BCUT2D eigenvalue weighted by molar-refractivity contribution is 7.08. The molecule has 2 aromatic carbocycles. The lowest BCUT2D eigenvalue weighted by Crippen LogP contribution is -2.31. The smallest absolute Gasteiger partial charge is 0.252 e. The molecule has 3 rings (SSSR count). The largest absolute Gasteiger partial charge is 0.356 e. The van der Waals surface area contributed by atoms with Gasteiger partial charge in [0.1, 0.15) is 0 Å². The summed E-state index contributed by atoms with van der Waals surface area (Å²) in [6.07, 6.45) is 1.10. The Bertz CT molecular complexity index is 825. The number of carbonyl (C=O) groups is 2. The third-order valence-corrected chi connectivity index (χ3v) is 5.26. The number of carbonyl (C=O) groups excluding carboxylic acids is 2. The van der Waals surface area contributed by atoms with Gasteiger partial charge in [0.25, 0.3) is 5.91 Å².